The normalized spacial score (nSPS) is 13.6. The minimum atomic E-state index is -0.0637. The van der Waals surface area contributed by atoms with Crippen LogP contribution in [-0.2, 0) is 4.79 Å². The van der Waals surface area contributed by atoms with E-state index in [1.807, 2.05) is 18.2 Å². The molecule has 0 aromatic carbocycles. The Labute approximate surface area is 91.7 Å². The largest absolute Gasteiger partial charge is 0.299 e. The third-order valence-electron chi connectivity index (χ3n) is 2.35. The molecule has 1 unspecified atom stereocenters. The molecule has 0 aliphatic rings. The van der Waals surface area contributed by atoms with E-state index in [4.69, 9.17) is 0 Å². The molecule has 0 aliphatic carbocycles. The smallest absolute Gasteiger partial charge is 0.138 e. The highest BCUT2D eigenvalue weighted by atomic mass is 16.1. The van der Waals surface area contributed by atoms with Crippen LogP contribution in [-0.4, -0.2) is 10.8 Å². The molecule has 0 N–H and O–H groups in total. The molecule has 15 heavy (non-hydrogen) atoms. The summed E-state index contributed by atoms with van der Waals surface area (Å²) in [5.41, 5.74) is 1.04. The summed E-state index contributed by atoms with van der Waals surface area (Å²) in [6.45, 7) is 8.08. The van der Waals surface area contributed by atoms with Crippen LogP contribution in [0.4, 0.5) is 0 Å². The molecule has 0 fully saturated rings. The molecule has 0 spiro atoms. The van der Waals surface area contributed by atoms with Gasteiger partial charge in [-0.05, 0) is 30.9 Å². The predicted molar refractivity (Wildman–Crippen MR) is 61.7 cm³/mol. The maximum absolute atomic E-state index is 11.6. The van der Waals surface area contributed by atoms with Crippen LogP contribution >= 0.6 is 0 Å². The molecule has 1 aromatic heterocycles. The van der Waals surface area contributed by atoms with Gasteiger partial charge in [-0.3, -0.25) is 9.78 Å². The van der Waals surface area contributed by atoms with Crippen LogP contribution in [0.5, 0.6) is 0 Å². The number of aromatic nitrogens is 1. The number of nitrogens with zero attached hydrogens (tertiary/aromatic N) is 1. The summed E-state index contributed by atoms with van der Waals surface area (Å²) < 4.78 is 0. The minimum Gasteiger partial charge on any atom is -0.299 e. The third kappa shape index (κ3) is 3.82. The first-order valence-corrected chi connectivity index (χ1v) is 5.31. The van der Waals surface area contributed by atoms with Gasteiger partial charge in [0.05, 0.1) is 11.6 Å². The second kappa shape index (κ2) is 4.56. The van der Waals surface area contributed by atoms with Crippen molar-refractivity contribution in [3.05, 3.63) is 30.1 Å². The van der Waals surface area contributed by atoms with E-state index < -0.39 is 0 Å². The van der Waals surface area contributed by atoms with Crippen molar-refractivity contribution in [2.24, 2.45) is 5.41 Å². The van der Waals surface area contributed by atoms with Gasteiger partial charge in [-0.15, -0.1) is 0 Å². The molecule has 0 amide bonds. The van der Waals surface area contributed by atoms with Crippen LogP contribution in [0, 0.1) is 5.41 Å². The molecule has 2 nitrogen and oxygen atoms in total. The molecule has 2 heteroatoms. The Morgan fingerprint density at radius 2 is 2.07 bits per heavy atom. The summed E-state index contributed by atoms with van der Waals surface area (Å²) >= 11 is 0. The molecule has 0 saturated carbocycles. The van der Waals surface area contributed by atoms with E-state index in [1.54, 1.807) is 13.1 Å². The van der Waals surface area contributed by atoms with Crippen molar-refractivity contribution in [3.8, 4) is 0 Å². The van der Waals surface area contributed by atoms with Gasteiger partial charge in [0.15, 0.2) is 0 Å². The van der Waals surface area contributed by atoms with Gasteiger partial charge in [-0.2, -0.15) is 0 Å². The van der Waals surface area contributed by atoms with Crippen LogP contribution in [0.1, 0.15) is 45.7 Å². The second-order valence-electron chi connectivity index (χ2n) is 5.18. The molecular formula is C13H19NO. The molecule has 1 aromatic rings. The van der Waals surface area contributed by atoms with Gasteiger partial charge in [0.1, 0.15) is 5.78 Å². The van der Waals surface area contributed by atoms with Crippen molar-refractivity contribution >= 4 is 5.78 Å². The number of carbonyl (C=O) groups excluding carboxylic acids is 1. The topological polar surface area (TPSA) is 30.0 Å². The zero-order valence-corrected chi connectivity index (χ0v) is 9.95. The zero-order chi connectivity index (χ0) is 11.5. The number of hydrogen-bond donors (Lipinski definition) is 0. The molecule has 1 atom stereocenters. The summed E-state index contributed by atoms with van der Waals surface area (Å²) in [6, 6.07) is 5.73. The van der Waals surface area contributed by atoms with Gasteiger partial charge >= 0.3 is 0 Å². The number of pyridine rings is 1. The lowest BCUT2D eigenvalue weighted by atomic mass is 9.81. The van der Waals surface area contributed by atoms with E-state index in [9.17, 15) is 4.79 Å². The van der Waals surface area contributed by atoms with E-state index >= 15 is 0 Å². The fourth-order valence-corrected chi connectivity index (χ4v) is 1.65. The molecule has 0 aliphatic heterocycles. The van der Waals surface area contributed by atoms with Crippen molar-refractivity contribution in [1.82, 2.24) is 4.98 Å². The van der Waals surface area contributed by atoms with Gasteiger partial charge in [0.2, 0.25) is 0 Å². The van der Waals surface area contributed by atoms with Crippen LogP contribution < -0.4 is 0 Å². The summed E-state index contributed by atoms with van der Waals surface area (Å²) in [6.07, 6.45) is 2.59. The van der Waals surface area contributed by atoms with Crippen molar-refractivity contribution in [1.29, 1.82) is 0 Å². The first-order chi connectivity index (χ1) is 6.90. The average Bonchev–Trinajstić information content (AvgIpc) is 2.14. The Balaban J connectivity index is 2.90. The number of ketones is 1. The Morgan fingerprint density at radius 1 is 1.40 bits per heavy atom. The number of carbonyl (C=O) groups is 1. The highest BCUT2D eigenvalue weighted by molar-refractivity contribution is 5.82. The standard InChI is InChI=1S/C13H19NO/c1-10(15)11(9-13(2,3)4)12-7-5-6-8-14-12/h5-8,11H,9H2,1-4H3. The first kappa shape index (κ1) is 11.9. The highest BCUT2D eigenvalue weighted by Gasteiger charge is 2.24. The maximum atomic E-state index is 11.6. The highest BCUT2D eigenvalue weighted by Crippen LogP contribution is 2.30. The number of Topliss-reactive ketones (excluding diaryl/α,β-unsaturated/α-hetero) is 1. The summed E-state index contributed by atoms with van der Waals surface area (Å²) in [5.74, 6) is 0.134. The van der Waals surface area contributed by atoms with E-state index in [0.29, 0.717) is 0 Å². The predicted octanol–water partition coefficient (Wildman–Crippen LogP) is 3.19. The lowest BCUT2D eigenvalue weighted by Gasteiger charge is -2.23. The quantitative estimate of drug-likeness (QED) is 0.758. The fourth-order valence-electron chi connectivity index (χ4n) is 1.65. The first-order valence-electron chi connectivity index (χ1n) is 5.31. The molecule has 0 radical (unpaired) electrons. The molecule has 82 valence electrons. The molecule has 0 bridgehead atoms. The van der Waals surface area contributed by atoms with Gasteiger partial charge < -0.3 is 0 Å². The van der Waals surface area contributed by atoms with Crippen molar-refractivity contribution in [3.63, 3.8) is 0 Å². The van der Waals surface area contributed by atoms with E-state index in [0.717, 1.165) is 12.1 Å². The molecule has 1 heterocycles. The number of rotatable bonds is 3. The molecule has 1 rings (SSSR count). The fraction of sp³-hybridized carbons (Fsp3) is 0.538. The average molecular weight is 205 g/mol. The Kier molecular flexibility index (Phi) is 3.61. The molecular weight excluding hydrogens is 186 g/mol. The Bertz CT molecular complexity index is 324. The van der Waals surface area contributed by atoms with Crippen LogP contribution in [0.15, 0.2) is 24.4 Å². The van der Waals surface area contributed by atoms with Crippen LogP contribution in [0.3, 0.4) is 0 Å². The third-order valence-corrected chi connectivity index (χ3v) is 2.35. The summed E-state index contributed by atoms with van der Waals surface area (Å²) in [4.78, 5) is 15.8. The van der Waals surface area contributed by atoms with Crippen molar-refractivity contribution < 1.29 is 4.79 Å². The lowest BCUT2D eigenvalue weighted by molar-refractivity contribution is -0.119. The van der Waals surface area contributed by atoms with Crippen LogP contribution in [0.2, 0.25) is 0 Å². The zero-order valence-electron chi connectivity index (χ0n) is 9.95. The van der Waals surface area contributed by atoms with Crippen LogP contribution in [0.25, 0.3) is 0 Å². The van der Waals surface area contributed by atoms with Gasteiger partial charge in [0.25, 0.3) is 0 Å². The molecule has 0 saturated heterocycles. The Morgan fingerprint density at radius 3 is 2.47 bits per heavy atom. The lowest BCUT2D eigenvalue weighted by Crippen LogP contribution is -2.18. The van der Waals surface area contributed by atoms with Gasteiger partial charge in [-0.25, -0.2) is 0 Å². The van der Waals surface area contributed by atoms with E-state index in [2.05, 4.69) is 25.8 Å². The van der Waals surface area contributed by atoms with Gasteiger partial charge in [-0.1, -0.05) is 26.8 Å². The monoisotopic (exact) mass is 205 g/mol. The maximum Gasteiger partial charge on any atom is 0.138 e. The van der Waals surface area contributed by atoms with Gasteiger partial charge in [0, 0.05) is 6.20 Å². The second-order valence-corrected chi connectivity index (χ2v) is 5.18. The number of hydrogen-bond acceptors (Lipinski definition) is 2. The van der Waals surface area contributed by atoms with Crippen molar-refractivity contribution in [2.45, 2.75) is 40.0 Å². The minimum absolute atomic E-state index is 0.0637. The Hall–Kier alpha value is -1.18. The van der Waals surface area contributed by atoms with E-state index in [-0.39, 0.29) is 17.1 Å². The summed E-state index contributed by atoms with van der Waals surface area (Å²) in [7, 11) is 0. The van der Waals surface area contributed by atoms with E-state index in [1.165, 1.54) is 0 Å². The summed E-state index contributed by atoms with van der Waals surface area (Å²) in [5, 5.41) is 0. The SMILES string of the molecule is CC(=O)C(CC(C)(C)C)c1ccccn1. The van der Waals surface area contributed by atoms with Crippen molar-refractivity contribution in [2.75, 3.05) is 0 Å².